The Balaban J connectivity index is 1.15. The van der Waals surface area contributed by atoms with Crippen LogP contribution < -0.4 is 20.3 Å². The number of nitrogens with zero attached hydrogens (tertiary/aromatic N) is 4. The minimum Gasteiger partial charge on any atom is -0.457 e. The molecule has 2 fully saturated rings. The number of fused-ring (bicyclic) bond motifs is 1. The van der Waals surface area contributed by atoms with Gasteiger partial charge in [-0.25, -0.2) is 9.97 Å². The number of amides is 1. The molecule has 0 radical (unpaired) electrons. The molecule has 1 saturated heterocycles. The summed E-state index contributed by atoms with van der Waals surface area (Å²) in [6, 6.07) is 14.2. The summed E-state index contributed by atoms with van der Waals surface area (Å²) in [6.07, 6.45) is 9.92. The Morgan fingerprint density at radius 1 is 1.03 bits per heavy atom. The molecule has 1 aromatic carbocycles. The molecule has 0 spiro atoms. The van der Waals surface area contributed by atoms with Crippen LogP contribution in [0, 0.1) is 0 Å². The normalized spacial score (nSPS) is 16.7. The number of anilines is 2. The van der Waals surface area contributed by atoms with Crippen LogP contribution in [0.2, 0.25) is 0 Å². The number of piperazine rings is 1. The molecule has 2 N–H and O–H groups in total. The van der Waals surface area contributed by atoms with Gasteiger partial charge in [-0.15, -0.1) is 0 Å². The summed E-state index contributed by atoms with van der Waals surface area (Å²) >= 11 is 1.68. The van der Waals surface area contributed by atoms with E-state index < -0.39 is 0 Å². The van der Waals surface area contributed by atoms with Crippen molar-refractivity contribution in [2.45, 2.75) is 38.1 Å². The maximum atomic E-state index is 11.7. The molecule has 0 atom stereocenters. The maximum absolute atomic E-state index is 11.7. The van der Waals surface area contributed by atoms with E-state index in [0.29, 0.717) is 24.9 Å². The number of ether oxygens (including phenoxy) is 1. The van der Waals surface area contributed by atoms with Gasteiger partial charge >= 0.3 is 0 Å². The van der Waals surface area contributed by atoms with Crippen molar-refractivity contribution in [3.05, 3.63) is 54.9 Å². The lowest BCUT2D eigenvalue weighted by atomic mass is 9.96. The lowest BCUT2D eigenvalue weighted by Gasteiger charge is -2.27. The predicted octanol–water partition coefficient (Wildman–Crippen LogP) is 5.23. The van der Waals surface area contributed by atoms with Crippen molar-refractivity contribution in [3.8, 4) is 22.8 Å². The van der Waals surface area contributed by atoms with Gasteiger partial charge in [0, 0.05) is 49.2 Å². The standard InChI is InChI=1S/C27H28N6O2S/c34-26-17-33(13-12-29-26)25-9-6-18(16-30-25)23-14-21(10-11-28-23)35-20-7-8-22-24(15-20)36-27(32-22)31-19-4-2-1-3-5-19/h6-11,14-16,19H,1-5,12-13,17H2,(H,29,34)(H,31,32). The highest BCUT2D eigenvalue weighted by Gasteiger charge is 2.18. The van der Waals surface area contributed by atoms with Crippen molar-refractivity contribution in [3.63, 3.8) is 0 Å². The smallest absolute Gasteiger partial charge is 0.239 e. The molecule has 0 bridgehead atoms. The molecule has 3 aromatic heterocycles. The van der Waals surface area contributed by atoms with Crippen LogP contribution in [0.5, 0.6) is 11.5 Å². The van der Waals surface area contributed by atoms with Gasteiger partial charge in [-0.3, -0.25) is 9.78 Å². The lowest BCUT2D eigenvalue weighted by Crippen LogP contribution is -2.48. The first-order chi connectivity index (χ1) is 17.7. The number of carbonyl (C=O) groups excluding carboxylic acids is 1. The monoisotopic (exact) mass is 500 g/mol. The van der Waals surface area contributed by atoms with Crippen LogP contribution in [0.3, 0.4) is 0 Å². The highest BCUT2D eigenvalue weighted by atomic mass is 32.1. The van der Waals surface area contributed by atoms with E-state index in [1.54, 1.807) is 23.7 Å². The number of nitrogens with one attached hydrogen (secondary N) is 2. The second kappa shape index (κ2) is 10.1. The van der Waals surface area contributed by atoms with Crippen molar-refractivity contribution in [2.75, 3.05) is 29.9 Å². The third kappa shape index (κ3) is 5.11. The summed E-state index contributed by atoms with van der Waals surface area (Å²) in [5.41, 5.74) is 2.65. The zero-order chi connectivity index (χ0) is 24.3. The molecule has 1 aliphatic heterocycles. The van der Waals surface area contributed by atoms with Gasteiger partial charge in [-0.05, 0) is 43.2 Å². The molecule has 1 aliphatic carbocycles. The fourth-order valence-corrected chi connectivity index (χ4v) is 5.75. The van der Waals surface area contributed by atoms with Gasteiger partial charge in [0.25, 0.3) is 0 Å². The topological polar surface area (TPSA) is 92.3 Å². The average molecular weight is 501 g/mol. The Morgan fingerprint density at radius 3 is 2.75 bits per heavy atom. The van der Waals surface area contributed by atoms with E-state index in [2.05, 4.69) is 20.6 Å². The summed E-state index contributed by atoms with van der Waals surface area (Å²) in [6.45, 7) is 1.72. The molecule has 2 aliphatic rings. The highest BCUT2D eigenvalue weighted by molar-refractivity contribution is 7.22. The van der Waals surface area contributed by atoms with Crippen LogP contribution in [0.4, 0.5) is 10.9 Å². The molecular formula is C27H28N6O2S. The Labute approximate surface area is 213 Å². The zero-order valence-electron chi connectivity index (χ0n) is 19.9. The second-order valence-corrected chi connectivity index (χ2v) is 10.3. The van der Waals surface area contributed by atoms with Crippen molar-refractivity contribution in [1.29, 1.82) is 0 Å². The minimum absolute atomic E-state index is 0.0202. The van der Waals surface area contributed by atoms with E-state index in [1.807, 2.05) is 47.4 Å². The molecule has 184 valence electrons. The maximum Gasteiger partial charge on any atom is 0.239 e. The Morgan fingerprint density at radius 2 is 1.92 bits per heavy atom. The molecule has 9 heteroatoms. The molecule has 6 rings (SSSR count). The number of pyridine rings is 2. The molecule has 0 unspecified atom stereocenters. The molecular weight excluding hydrogens is 472 g/mol. The summed E-state index contributed by atoms with van der Waals surface area (Å²) in [7, 11) is 0. The van der Waals surface area contributed by atoms with E-state index in [-0.39, 0.29) is 5.91 Å². The number of hydrogen-bond acceptors (Lipinski definition) is 8. The van der Waals surface area contributed by atoms with Crippen LogP contribution in [-0.4, -0.2) is 46.5 Å². The van der Waals surface area contributed by atoms with Gasteiger partial charge in [0.05, 0.1) is 22.5 Å². The van der Waals surface area contributed by atoms with Crippen LogP contribution in [0.15, 0.2) is 54.9 Å². The molecule has 1 amide bonds. The van der Waals surface area contributed by atoms with Gasteiger partial charge in [0.2, 0.25) is 5.91 Å². The molecule has 4 aromatic rings. The SMILES string of the molecule is O=C1CN(c2ccc(-c3cc(Oc4ccc5nc(NC6CCCCC6)sc5c4)ccn3)cn2)CCN1. The minimum atomic E-state index is 0.0202. The number of hydrogen-bond donors (Lipinski definition) is 2. The largest absolute Gasteiger partial charge is 0.457 e. The average Bonchev–Trinajstić information content (AvgIpc) is 3.31. The summed E-state index contributed by atoms with van der Waals surface area (Å²) in [5.74, 6) is 2.29. The molecule has 4 heterocycles. The van der Waals surface area contributed by atoms with E-state index in [1.165, 1.54) is 32.1 Å². The number of rotatable bonds is 6. The van der Waals surface area contributed by atoms with Gasteiger partial charge in [0.15, 0.2) is 5.13 Å². The fourth-order valence-electron chi connectivity index (χ4n) is 4.78. The molecule has 1 saturated carbocycles. The number of benzene rings is 1. The van der Waals surface area contributed by atoms with Crippen molar-refractivity contribution < 1.29 is 9.53 Å². The van der Waals surface area contributed by atoms with E-state index in [9.17, 15) is 4.79 Å². The molecule has 8 nitrogen and oxygen atoms in total. The molecule has 36 heavy (non-hydrogen) atoms. The van der Waals surface area contributed by atoms with Crippen LogP contribution in [0.1, 0.15) is 32.1 Å². The number of carbonyl (C=O) groups is 1. The van der Waals surface area contributed by atoms with E-state index in [0.717, 1.165) is 44.7 Å². The predicted molar refractivity (Wildman–Crippen MR) is 143 cm³/mol. The Bertz CT molecular complexity index is 1370. The van der Waals surface area contributed by atoms with Crippen LogP contribution >= 0.6 is 11.3 Å². The quantitative estimate of drug-likeness (QED) is 0.375. The van der Waals surface area contributed by atoms with Crippen molar-refractivity contribution in [1.82, 2.24) is 20.3 Å². The fraction of sp³-hybridized carbons (Fsp3) is 0.333. The third-order valence-electron chi connectivity index (χ3n) is 6.67. The van der Waals surface area contributed by atoms with Crippen LogP contribution in [0.25, 0.3) is 21.5 Å². The third-order valence-corrected chi connectivity index (χ3v) is 7.62. The second-order valence-electron chi connectivity index (χ2n) is 9.28. The first-order valence-electron chi connectivity index (χ1n) is 12.5. The first kappa shape index (κ1) is 22.7. The highest BCUT2D eigenvalue weighted by Crippen LogP contribution is 2.33. The summed E-state index contributed by atoms with van der Waals surface area (Å²) in [4.78, 5) is 27.5. The van der Waals surface area contributed by atoms with E-state index in [4.69, 9.17) is 9.72 Å². The van der Waals surface area contributed by atoms with Crippen molar-refractivity contribution >= 4 is 38.4 Å². The van der Waals surface area contributed by atoms with E-state index >= 15 is 0 Å². The number of thiazole rings is 1. The zero-order valence-corrected chi connectivity index (χ0v) is 20.8. The Hall–Kier alpha value is -3.72. The lowest BCUT2D eigenvalue weighted by molar-refractivity contribution is -0.120. The number of aromatic nitrogens is 3. The Kier molecular flexibility index (Phi) is 6.38. The summed E-state index contributed by atoms with van der Waals surface area (Å²) in [5, 5.41) is 7.44. The van der Waals surface area contributed by atoms with Crippen molar-refractivity contribution in [2.24, 2.45) is 0 Å². The van der Waals surface area contributed by atoms with Gasteiger partial charge in [0.1, 0.15) is 17.3 Å². The summed E-state index contributed by atoms with van der Waals surface area (Å²) < 4.78 is 7.29. The first-order valence-corrected chi connectivity index (χ1v) is 13.3. The van der Waals surface area contributed by atoms with Gasteiger partial charge < -0.3 is 20.3 Å². The van der Waals surface area contributed by atoms with Crippen LogP contribution in [-0.2, 0) is 4.79 Å². The van der Waals surface area contributed by atoms with Gasteiger partial charge in [-0.2, -0.15) is 0 Å². The van der Waals surface area contributed by atoms with Gasteiger partial charge in [-0.1, -0.05) is 30.6 Å².